The van der Waals surface area contributed by atoms with Crippen LogP contribution in [0.15, 0.2) is 0 Å². The molecule has 0 radical (unpaired) electrons. The molecule has 0 saturated carbocycles. The molecule has 0 spiro atoms. The summed E-state index contributed by atoms with van der Waals surface area (Å²) in [5.41, 5.74) is 0. The van der Waals surface area contributed by atoms with E-state index in [-0.39, 0.29) is 19.2 Å². The van der Waals surface area contributed by atoms with Crippen LogP contribution >= 0.6 is 0 Å². The van der Waals surface area contributed by atoms with Crippen molar-refractivity contribution in [2.24, 2.45) is 0 Å². The number of alkyl halides is 3. The molecule has 80 valence electrons. The van der Waals surface area contributed by atoms with Crippen molar-refractivity contribution in [2.45, 2.75) is 39.1 Å². The molecule has 0 aromatic heterocycles. The Kier molecular flexibility index (Phi) is 6.07. The zero-order chi connectivity index (χ0) is 10.3. The standard InChI is InChI=1S/C8H16F3NO/c1-3-7(4-2)12-5-6-13-8(9,10)11/h7,12H,3-6H2,1-2H3. The lowest BCUT2D eigenvalue weighted by Crippen LogP contribution is -2.32. The fourth-order valence-electron chi connectivity index (χ4n) is 1.01. The van der Waals surface area contributed by atoms with Crippen molar-refractivity contribution in [3.05, 3.63) is 0 Å². The minimum atomic E-state index is -4.50. The predicted molar refractivity (Wildman–Crippen MR) is 44.4 cm³/mol. The molecule has 0 amide bonds. The third-order valence-electron chi connectivity index (χ3n) is 1.79. The molecule has 0 heterocycles. The van der Waals surface area contributed by atoms with Crippen molar-refractivity contribution in [2.75, 3.05) is 13.2 Å². The largest absolute Gasteiger partial charge is 0.522 e. The Hall–Kier alpha value is -0.290. The third kappa shape index (κ3) is 8.05. The summed E-state index contributed by atoms with van der Waals surface area (Å²) in [7, 11) is 0. The second-order valence-electron chi connectivity index (χ2n) is 2.76. The number of halogens is 3. The van der Waals surface area contributed by atoms with Gasteiger partial charge in [0, 0.05) is 12.6 Å². The van der Waals surface area contributed by atoms with E-state index in [4.69, 9.17) is 0 Å². The Morgan fingerprint density at radius 1 is 1.23 bits per heavy atom. The van der Waals surface area contributed by atoms with Crippen molar-refractivity contribution >= 4 is 0 Å². The van der Waals surface area contributed by atoms with Crippen LogP contribution in [0, 0.1) is 0 Å². The Bertz CT molecular complexity index is 123. The Morgan fingerprint density at radius 2 is 1.77 bits per heavy atom. The van der Waals surface area contributed by atoms with Crippen molar-refractivity contribution < 1.29 is 17.9 Å². The molecule has 0 fully saturated rings. The van der Waals surface area contributed by atoms with Gasteiger partial charge in [-0.1, -0.05) is 13.8 Å². The first-order valence-electron chi connectivity index (χ1n) is 4.43. The van der Waals surface area contributed by atoms with E-state index in [2.05, 4.69) is 10.1 Å². The monoisotopic (exact) mass is 199 g/mol. The molecule has 0 atom stereocenters. The van der Waals surface area contributed by atoms with E-state index >= 15 is 0 Å². The third-order valence-corrected chi connectivity index (χ3v) is 1.79. The van der Waals surface area contributed by atoms with E-state index < -0.39 is 6.36 Å². The number of hydrogen-bond acceptors (Lipinski definition) is 2. The van der Waals surface area contributed by atoms with Gasteiger partial charge in [0.2, 0.25) is 0 Å². The number of rotatable bonds is 6. The van der Waals surface area contributed by atoms with Gasteiger partial charge in [-0.2, -0.15) is 0 Å². The SMILES string of the molecule is CCC(CC)NCCOC(F)(F)F. The van der Waals surface area contributed by atoms with Crippen molar-refractivity contribution in [1.82, 2.24) is 5.32 Å². The molecule has 0 saturated heterocycles. The quantitative estimate of drug-likeness (QED) is 0.663. The van der Waals surface area contributed by atoms with E-state index in [1.165, 1.54) is 0 Å². The molecular weight excluding hydrogens is 183 g/mol. The molecule has 0 aromatic rings. The van der Waals surface area contributed by atoms with Crippen molar-refractivity contribution in [1.29, 1.82) is 0 Å². The molecule has 0 aliphatic rings. The van der Waals surface area contributed by atoms with E-state index in [9.17, 15) is 13.2 Å². The minimum Gasteiger partial charge on any atom is -0.312 e. The van der Waals surface area contributed by atoms with Crippen LogP contribution < -0.4 is 5.32 Å². The molecule has 1 N–H and O–H groups in total. The fraction of sp³-hybridized carbons (Fsp3) is 1.00. The summed E-state index contributed by atoms with van der Waals surface area (Å²) in [6.07, 6.45) is -2.67. The van der Waals surface area contributed by atoms with E-state index in [0.29, 0.717) is 0 Å². The molecule has 0 unspecified atom stereocenters. The predicted octanol–water partition coefficient (Wildman–Crippen LogP) is 2.30. The van der Waals surface area contributed by atoms with Gasteiger partial charge < -0.3 is 5.32 Å². The Labute approximate surface area is 76.5 Å². The van der Waals surface area contributed by atoms with E-state index in [1.807, 2.05) is 13.8 Å². The van der Waals surface area contributed by atoms with Gasteiger partial charge in [-0.3, -0.25) is 4.74 Å². The van der Waals surface area contributed by atoms with Gasteiger partial charge in [0.05, 0.1) is 6.61 Å². The Morgan fingerprint density at radius 3 is 2.15 bits per heavy atom. The summed E-state index contributed by atoms with van der Waals surface area (Å²) in [5.74, 6) is 0. The van der Waals surface area contributed by atoms with Gasteiger partial charge in [0.15, 0.2) is 0 Å². The fourth-order valence-corrected chi connectivity index (χ4v) is 1.01. The second kappa shape index (κ2) is 6.21. The first kappa shape index (κ1) is 12.7. The molecule has 5 heteroatoms. The summed E-state index contributed by atoms with van der Waals surface area (Å²) in [4.78, 5) is 0. The van der Waals surface area contributed by atoms with Crippen molar-refractivity contribution in [3.63, 3.8) is 0 Å². The van der Waals surface area contributed by atoms with Gasteiger partial charge >= 0.3 is 6.36 Å². The summed E-state index contributed by atoms with van der Waals surface area (Å²) in [5, 5.41) is 2.97. The molecule has 0 bridgehead atoms. The maximum absolute atomic E-state index is 11.5. The van der Waals surface area contributed by atoms with Gasteiger partial charge in [0.1, 0.15) is 0 Å². The maximum atomic E-state index is 11.5. The summed E-state index contributed by atoms with van der Waals surface area (Å²) < 4.78 is 38.1. The van der Waals surface area contributed by atoms with Gasteiger partial charge in [-0.15, -0.1) is 13.2 Å². The van der Waals surface area contributed by atoms with Gasteiger partial charge in [-0.25, -0.2) is 0 Å². The molecular formula is C8H16F3NO. The van der Waals surface area contributed by atoms with Crippen LogP contribution in [0.1, 0.15) is 26.7 Å². The van der Waals surface area contributed by atoms with Crippen molar-refractivity contribution in [3.8, 4) is 0 Å². The molecule has 0 aliphatic heterocycles. The first-order valence-corrected chi connectivity index (χ1v) is 4.43. The highest BCUT2D eigenvalue weighted by Crippen LogP contribution is 2.15. The lowest BCUT2D eigenvalue weighted by molar-refractivity contribution is -0.323. The lowest BCUT2D eigenvalue weighted by atomic mass is 10.2. The molecule has 13 heavy (non-hydrogen) atoms. The van der Waals surface area contributed by atoms with Gasteiger partial charge in [-0.05, 0) is 12.8 Å². The highest BCUT2D eigenvalue weighted by Gasteiger charge is 2.28. The molecule has 2 nitrogen and oxygen atoms in total. The number of nitrogens with one attached hydrogen (secondary N) is 1. The zero-order valence-corrected chi connectivity index (χ0v) is 7.95. The van der Waals surface area contributed by atoms with E-state index in [1.54, 1.807) is 0 Å². The van der Waals surface area contributed by atoms with Crippen LogP contribution in [0.2, 0.25) is 0 Å². The minimum absolute atomic E-state index is 0.242. The molecule has 0 aliphatic carbocycles. The highest BCUT2D eigenvalue weighted by atomic mass is 19.4. The van der Waals surface area contributed by atoms with E-state index in [0.717, 1.165) is 12.8 Å². The number of ether oxygens (including phenoxy) is 1. The smallest absolute Gasteiger partial charge is 0.312 e. The van der Waals surface area contributed by atoms with Gasteiger partial charge in [0.25, 0.3) is 0 Å². The summed E-state index contributed by atoms with van der Waals surface area (Å²) in [6, 6.07) is 0.289. The molecule has 0 rings (SSSR count). The summed E-state index contributed by atoms with van der Waals surface area (Å²) in [6.45, 7) is 3.91. The first-order chi connectivity index (χ1) is 5.99. The summed E-state index contributed by atoms with van der Waals surface area (Å²) >= 11 is 0. The molecule has 0 aromatic carbocycles. The average Bonchev–Trinajstić information content (AvgIpc) is 2.03. The van der Waals surface area contributed by atoms with Crippen LogP contribution in [-0.4, -0.2) is 25.6 Å². The van der Waals surface area contributed by atoms with Crippen LogP contribution in [0.25, 0.3) is 0 Å². The van der Waals surface area contributed by atoms with Crippen LogP contribution in [-0.2, 0) is 4.74 Å². The Balaban J connectivity index is 3.34. The zero-order valence-electron chi connectivity index (χ0n) is 7.95. The van der Waals surface area contributed by atoms with Crippen LogP contribution in [0.3, 0.4) is 0 Å². The maximum Gasteiger partial charge on any atom is 0.522 e. The average molecular weight is 199 g/mol. The lowest BCUT2D eigenvalue weighted by Gasteiger charge is -2.14. The highest BCUT2D eigenvalue weighted by molar-refractivity contribution is 4.61. The number of hydrogen-bond donors (Lipinski definition) is 1. The van der Waals surface area contributed by atoms with Crippen LogP contribution in [0.4, 0.5) is 13.2 Å². The second-order valence-corrected chi connectivity index (χ2v) is 2.76. The normalized spacial score (nSPS) is 12.5. The van der Waals surface area contributed by atoms with Crippen LogP contribution in [0.5, 0.6) is 0 Å². The topological polar surface area (TPSA) is 21.3 Å².